The SMILES string of the molecule is CC(=O)N1c2c(cc(Br)cc2S(=O)(=O)Nc2ccc(C)c(F)c2)C[C@H]1C. The number of hydrogen-bond donors (Lipinski definition) is 1. The number of fused-ring (bicyclic) bond motifs is 1. The van der Waals surface area contributed by atoms with Crippen LogP contribution in [0.5, 0.6) is 0 Å². The van der Waals surface area contributed by atoms with Gasteiger partial charge < -0.3 is 4.90 Å². The molecule has 3 rings (SSSR count). The molecule has 0 unspecified atom stereocenters. The van der Waals surface area contributed by atoms with Gasteiger partial charge >= 0.3 is 0 Å². The zero-order valence-corrected chi connectivity index (χ0v) is 16.9. The molecule has 1 N–H and O–H groups in total. The van der Waals surface area contributed by atoms with E-state index in [2.05, 4.69) is 20.7 Å². The molecule has 8 heteroatoms. The van der Waals surface area contributed by atoms with Crippen LogP contribution in [0.3, 0.4) is 0 Å². The number of halogens is 2. The number of benzene rings is 2. The Morgan fingerprint density at radius 1 is 1.31 bits per heavy atom. The highest BCUT2D eigenvalue weighted by atomic mass is 79.9. The monoisotopic (exact) mass is 440 g/mol. The molecule has 5 nitrogen and oxygen atoms in total. The minimum Gasteiger partial charge on any atom is -0.308 e. The summed E-state index contributed by atoms with van der Waals surface area (Å²) in [6, 6.07) is 7.28. The van der Waals surface area contributed by atoms with Crippen molar-refractivity contribution in [1.29, 1.82) is 0 Å². The van der Waals surface area contributed by atoms with Crippen molar-refractivity contribution < 1.29 is 17.6 Å². The molecule has 2 aromatic rings. The van der Waals surface area contributed by atoms with E-state index < -0.39 is 15.8 Å². The van der Waals surface area contributed by atoms with E-state index in [1.165, 1.54) is 30.0 Å². The van der Waals surface area contributed by atoms with Crippen LogP contribution in [0.4, 0.5) is 15.8 Å². The average molecular weight is 441 g/mol. The summed E-state index contributed by atoms with van der Waals surface area (Å²) < 4.78 is 42.8. The summed E-state index contributed by atoms with van der Waals surface area (Å²) in [6.07, 6.45) is 0.566. The van der Waals surface area contributed by atoms with Crippen LogP contribution in [0.15, 0.2) is 39.7 Å². The lowest BCUT2D eigenvalue weighted by Gasteiger charge is -2.23. The van der Waals surface area contributed by atoms with Crippen molar-refractivity contribution >= 4 is 43.2 Å². The van der Waals surface area contributed by atoms with Gasteiger partial charge in [-0.05, 0) is 55.7 Å². The maximum atomic E-state index is 13.8. The average Bonchev–Trinajstić information content (AvgIpc) is 2.85. The summed E-state index contributed by atoms with van der Waals surface area (Å²) in [4.78, 5) is 13.6. The first-order valence-corrected chi connectivity index (χ1v) is 10.3. The molecule has 0 radical (unpaired) electrons. The van der Waals surface area contributed by atoms with Crippen LogP contribution in [-0.4, -0.2) is 20.4 Å². The van der Waals surface area contributed by atoms with E-state index in [0.717, 1.165) is 11.6 Å². The van der Waals surface area contributed by atoms with Gasteiger partial charge in [-0.2, -0.15) is 0 Å². The molecule has 1 amide bonds. The van der Waals surface area contributed by atoms with Crippen LogP contribution in [0.2, 0.25) is 0 Å². The van der Waals surface area contributed by atoms with Gasteiger partial charge in [-0.25, -0.2) is 12.8 Å². The third kappa shape index (κ3) is 3.35. The highest BCUT2D eigenvalue weighted by molar-refractivity contribution is 9.10. The number of anilines is 2. The van der Waals surface area contributed by atoms with Crippen LogP contribution in [0.25, 0.3) is 0 Å². The van der Waals surface area contributed by atoms with Gasteiger partial charge in [0.2, 0.25) is 5.91 Å². The molecule has 1 atom stereocenters. The maximum Gasteiger partial charge on any atom is 0.264 e. The Morgan fingerprint density at radius 3 is 2.62 bits per heavy atom. The van der Waals surface area contributed by atoms with Gasteiger partial charge in [0, 0.05) is 17.4 Å². The first-order chi connectivity index (χ1) is 12.1. The molecule has 2 aromatic carbocycles. The summed E-state index contributed by atoms with van der Waals surface area (Å²) in [5, 5.41) is 0. The van der Waals surface area contributed by atoms with Crippen LogP contribution in [-0.2, 0) is 21.2 Å². The summed E-state index contributed by atoms with van der Waals surface area (Å²) in [5.74, 6) is -0.722. The molecule has 138 valence electrons. The van der Waals surface area contributed by atoms with Gasteiger partial charge in [-0.1, -0.05) is 22.0 Å². The largest absolute Gasteiger partial charge is 0.308 e. The van der Waals surface area contributed by atoms with E-state index in [0.29, 0.717) is 22.1 Å². The van der Waals surface area contributed by atoms with Crippen LogP contribution >= 0.6 is 15.9 Å². The Kier molecular flexibility index (Phi) is 4.83. The lowest BCUT2D eigenvalue weighted by atomic mass is 10.1. The molecular weight excluding hydrogens is 423 g/mol. The lowest BCUT2D eigenvalue weighted by Crippen LogP contribution is -2.34. The van der Waals surface area contributed by atoms with Crippen LogP contribution in [0.1, 0.15) is 25.0 Å². The van der Waals surface area contributed by atoms with Gasteiger partial charge in [0.1, 0.15) is 10.7 Å². The molecule has 0 spiro atoms. The lowest BCUT2D eigenvalue weighted by molar-refractivity contribution is -0.116. The van der Waals surface area contributed by atoms with Gasteiger partial charge in [0.15, 0.2) is 0 Å². The fraction of sp³-hybridized carbons (Fsp3) is 0.278. The number of hydrogen-bond acceptors (Lipinski definition) is 3. The smallest absolute Gasteiger partial charge is 0.264 e. The Morgan fingerprint density at radius 2 is 2.00 bits per heavy atom. The number of amides is 1. The number of rotatable bonds is 3. The normalized spacial score (nSPS) is 16.5. The molecule has 0 aliphatic carbocycles. The van der Waals surface area contributed by atoms with E-state index in [1.54, 1.807) is 6.92 Å². The van der Waals surface area contributed by atoms with Gasteiger partial charge in [0.25, 0.3) is 10.0 Å². The fourth-order valence-electron chi connectivity index (χ4n) is 3.23. The van der Waals surface area contributed by atoms with Crippen LogP contribution < -0.4 is 9.62 Å². The van der Waals surface area contributed by atoms with Crippen molar-refractivity contribution in [3.63, 3.8) is 0 Å². The second-order valence-corrected chi connectivity index (χ2v) is 8.99. The van der Waals surface area contributed by atoms with Crippen molar-refractivity contribution in [2.45, 2.75) is 38.1 Å². The highest BCUT2D eigenvalue weighted by Crippen LogP contribution is 2.40. The van der Waals surface area contributed by atoms with Crippen molar-refractivity contribution in [1.82, 2.24) is 0 Å². The predicted octanol–water partition coefficient (Wildman–Crippen LogP) is 3.99. The predicted molar refractivity (Wildman–Crippen MR) is 102 cm³/mol. The molecule has 0 bridgehead atoms. The van der Waals surface area contributed by atoms with Crippen LogP contribution in [0, 0.1) is 12.7 Å². The Hall–Kier alpha value is -1.93. The number of nitrogens with one attached hydrogen (secondary N) is 1. The van der Waals surface area contributed by atoms with Gasteiger partial charge in [0.05, 0.1) is 11.4 Å². The van der Waals surface area contributed by atoms with E-state index in [4.69, 9.17) is 0 Å². The third-order valence-electron chi connectivity index (χ3n) is 4.37. The maximum absolute atomic E-state index is 13.8. The summed E-state index contributed by atoms with van der Waals surface area (Å²) in [7, 11) is -4.02. The second-order valence-electron chi connectivity index (χ2n) is 6.42. The Bertz CT molecular complexity index is 1010. The molecule has 0 saturated heterocycles. The summed E-state index contributed by atoms with van der Waals surface area (Å²) in [5.41, 5.74) is 1.71. The van der Waals surface area contributed by atoms with Crippen molar-refractivity contribution in [3.05, 3.63) is 51.7 Å². The van der Waals surface area contributed by atoms with Crippen molar-refractivity contribution in [2.24, 2.45) is 0 Å². The molecule has 1 heterocycles. The van der Waals surface area contributed by atoms with E-state index >= 15 is 0 Å². The summed E-state index contributed by atoms with van der Waals surface area (Å²) >= 11 is 3.34. The zero-order chi connectivity index (χ0) is 19.2. The number of nitrogens with zero attached hydrogens (tertiary/aromatic N) is 1. The second kappa shape index (κ2) is 6.66. The highest BCUT2D eigenvalue weighted by Gasteiger charge is 2.35. The first kappa shape index (κ1) is 18.8. The number of carbonyl (C=O) groups excluding carboxylic acids is 1. The van der Waals surface area contributed by atoms with E-state index in [1.807, 2.05) is 13.0 Å². The molecule has 1 aliphatic rings. The topological polar surface area (TPSA) is 66.5 Å². The molecule has 1 aliphatic heterocycles. The van der Waals surface area contributed by atoms with Crippen molar-refractivity contribution in [2.75, 3.05) is 9.62 Å². The molecule has 26 heavy (non-hydrogen) atoms. The Balaban J connectivity index is 2.11. The standard InChI is InChI=1S/C18H18BrFN2O3S/c1-10-4-5-15(9-16(10)20)21-26(24,25)17-8-14(19)7-13-6-11(2)22(12(3)23)18(13)17/h4-5,7-9,11,21H,6H2,1-3H3/t11-/m1/s1. The number of aryl methyl sites for hydroxylation is 1. The number of carbonyl (C=O) groups is 1. The van der Waals surface area contributed by atoms with Gasteiger partial charge in [-0.3, -0.25) is 9.52 Å². The van der Waals surface area contributed by atoms with E-state index in [9.17, 15) is 17.6 Å². The molecule has 0 aromatic heterocycles. The first-order valence-electron chi connectivity index (χ1n) is 8.01. The third-order valence-corrected chi connectivity index (χ3v) is 6.22. The quantitative estimate of drug-likeness (QED) is 0.784. The fourth-order valence-corrected chi connectivity index (χ4v) is 5.20. The number of sulfonamides is 1. The van der Waals surface area contributed by atoms with Crippen molar-refractivity contribution in [3.8, 4) is 0 Å². The Labute approximate surface area is 160 Å². The minimum absolute atomic E-state index is 0.0117. The summed E-state index contributed by atoms with van der Waals surface area (Å²) in [6.45, 7) is 4.88. The van der Waals surface area contributed by atoms with Gasteiger partial charge in [-0.15, -0.1) is 0 Å². The minimum atomic E-state index is -4.02. The zero-order valence-electron chi connectivity index (χ0n) is 14.5. The van der Waals surface area contributed by atoms with E-state index in [-0.39, 0.29) is 22.5 Å². The molecule has 0 saturated carbocycles. The molecular formula is C18H18BrFN2O3S. The molecule has 0 fully saturated rings.